The van der Waals surface area contributed by atoms with Crippen molar-refractivity contribution in [1.82, 2.24) is 0 Å². The monoisotopic (exact) mass is 276 g/mol. The molecule has 6 nitrogen and oxygen atoms in total. The van der Waals surface area contributed by atoms with Crippen LogP contribution in [0.2, 0.25) is 0 Å². The van der Waals surface area contributed by atoms with Crippen molar-refractivity contribution < 1.29 is 33.7 Å². The Morgan fingerprint density at radius 3 is 2.32 bits per heavy atom. The van der Waals surface area contributed by atoms with E-state index in [9.17, 15) is 24.2 Å². The van der Waals surface area contributed by atoms with Gasteiger partial charge < -0.3 is 19.7 Å². The number of carbonyl (C=O) groups excluding carboxylic acids is 2. The zero-order chi connectivity index (χ0) is 14.4. The van der Waals surface area contributed by atoms with Crippen LogP contribution in [0.1, 0.15) is 20.3 Å². The van der Waals surface area contributed by atoms with Crippen LogP contribution in [0.25, 0.3) is 0 Å². The van der Waals surface area contributed by atoms with Gasteiger partial charge in [0.2, 0.25) is 5.67 Å². The van der Waals surface area contributed by atoms with E-state index < -0.39 is 41.1 Å². The van der Waals surface area contributed by atoms with Crippen molar-refractivity contribution >= 4 is 11.9 Å². The second kappa shape index (κ2) is 4.42. The molecule has 19 heavy (non-hydrogen) atoms. The summed E-state index contributed by atoms with van der Waals surface area (Å²) in [4.78, 5) is 23.3. The van der Waals surface area contributed by atoms with E-state index in [4.69, 9.17) is 0 Å². The van der Waals surface area contributed by atoms with Gasteiger partial charge in [-0.15, -0.1) is 0 Å². The molecule has 0 spiro atoms. The zero-order valence-corrected chi connectivity index (χ0v) is 10.8. The fraction of sp³-hybridized carbons (Fsp3) is 0.833. The van der Waals surface area contributed by atoms with Gasteiger partial charge in [0.05, 0.1) is 25.2 Å². The lowest BCUT2D eigenvalue weighted by Crippen LogP contribution is -2.53. The predicted molar refractivity (Wildman–Crippen MR) is 59.7 cm³/mol. The van der Waals surface area contributed by atoms with Crippen LogP contribution in [0.5, 0.6) is 0 Å². The number of alkyl halides is 1. The second-order valence-corrected chi connectivity index (χ2v) is 4.87. The number of aliphatic hydroxyl groups excluding tert-OH is 1. The Kier molecular flexibility index (Phi) is 3.30. The van der Waals surface area contributed by atoms with Crippen molar-refractivity contribution in [3.63, 3.8) is 0 Å². The molecule has 0 bridgehead atoms. The fourth-order valence-corrected chi connectivity index (χ4v) is 3.02. The molecule has 0 heterocycles. The molecule has 108 valence electrons. The quantitative estimate of drug-likeness (QED) is 0.676. The number of carbonyl (C=O) groups is 2. The van der Waals surface area contributed by atoms with Gasteiger partial charge in [-0.05, 0) is 20.3 Å². The van der Waals surface area contributed by atoms with Crippen LogP contribution in [0, 0.1) is 11.8 Å². The minimum Gasteiger partial charge on any atom is -0.464 e. The molecule has 2 saturated carbocycles. The van der Waals surface area contributed by atoms with Crippen molar-refractivity contribution in [3.8, 4) is 0 Å². The summed E-state index contributed by atoms with van der Waals surface area (Å²) in [7, 11) is 0. The molecule has 2 aliphatic carbocycles. The first kappa shape index (κ1) is 14.2. The lowest BCUT2D eigenvalue weighted by molar-refractivity contribution is -0.183. The van der Waals surface area contributed by atoms with Gasteiger partial charge in [0.25, 0.3) is 0 Å². The van der Waals surface area contributed by atoms with Crippen molar-refractivity contribution in [2.45, 2.75) is 37.6 Å². The molecule has 7 heteroatoms. The number of ether oxygens (including phenoxy) is 2. The van der Waals surface area contributed by atoms with Gasteiger partial charge in [0.15, 0.2) is 5.60 Å². The molecular weight excluding hydrogens is 259 g/mol. The van der Waals surface area contributed by atoms with Gasteiger partial charge in [0, 0.05) is 5.92 Å². The van der Waals surface area contributed by atoms with Crippen molar-refractivity contribution in [2.75, 3.05) is 13.2 Å². The van der Waals surface area contributed by atoms with Crippen LogP contribution < -0.4 is 0 Å². The summed E-state index contributed by atoms with van der Waals surface area (Å²) in [6.07, 6.45) is -1.60. The zero-order valence-electron chi connectivity index (χ0n) is 10.8. The Hall–Kier alpha value is -1.21. The van der Waals surface area contributed by atoms with E-state index in [0.29, 0.717) is 0 Å². The Morgan fingerprint density at radius 2 is 1.79 bits per heavy atom. The van der Waals surface area contributed by atoms with E-state index in [0.717, 1.165) is 0 Å². The fourth-order valence-electron chi connectivity index (χ4n) is 3.02. The average molecular weight is 276 g/mol. The Labute approximate surface area is 109 Å². The highest BCUT2D eigenvalue weighted by molar-refractivity contribution is 5.91. The number of halogens is 1. The van der Waals surface area contributed by atoms with Crippen LogP contribution in [0.15, 0.2) is 0 Å². The number of hydrogen-bond donors (Lipinski definition) is 2. The first-order valence-corrected chi connectivity index (χ1v) is 6.28. The maximum absolute atomic E-state index is 14.5. The van der Waals surface area contributed by atoms with Gasteiger partial charge in [-0.3, -0.25) is 0 Å². The number of hydrogen-bond acceptors (Lipinski definition) is 6. The first-order valence-electron chi connectivity index (χ1n) is 6.28. The third-order valence-corrected chi connectivity index (χ3v) is 3.94. The molecule has 5 atom stereocenters. The normalized spacial score (nSPS) is 43.5. The van der Waals surface area contributed by atoms with Crippen LogP contribution in [0.3, 0.4) is 0 Å². The minimum absolute atomic E-state index is 0.00430. The summed E-state index contributed by atoms with van der Waals surface area (Å²) in [6.45, 7) is 3.06. The summed E-state index contributed by atoms with van der Waals surface area (Å²) < 4.78 is 23.8. The molecule has 0 aliphatic heterocycles. The van der Waals surface area contributed by atoms with Gasteiger partial charge in [-0.1, -0.05) is 0 Å². The second-order valence-electron chi connectivity index (χ2n) is 4.87. The molecule has 2 N–H and O–H groups in total. The number of rotatable bonds is 4. The molecule has 0 unspecified atom stereocenters. The van der Waals surface area contributed by atoms with Crippen LogP contribution in [-0.2, 0) is 19.1 Å². The molecule has 0 aromatic rings. The van der Waals surface area contributed by atoms with E-state index in [-0.39, 0.29) is 19.6 Å². The van der Waals surface area contributed by atoms with E-state index >= 15 is 0 Å². The van der Waals surface area contributed by atoms with Gasteiger partial charge in [-0.2, -0.15) is 0 Å². The maximum atomic E-state index is 14.5. The summed E-state index contributed by atoms with van der Waals surface area (Å²) >= 11 is 0. The molecule has 2 fully saturated rings. The number of aliphatic hydroxyl groups is 2. The summed E-state index contributed by atoms with van der Waals surface area (Å²) in [5, 5.41) is 20.0. The molecular formula is C12H17FO6. The summed E-state index contributed by atoms with van der Waals surface area (Å²) in [5.74, 6) is -4.40. The van der Waals surface area contributed by atoms with E-state index in [1.807, 2.05) is 0 Å². The molecule has 0 aromatic carbocycles. The lowest BCUT2D eigenvalue weighted by Gasteiger charge is -2.29. The Morgan fingerprint density at radius 1 is 1.26 bits per heavy atom. The van der Waals surface area contributed by atoms with Crippen LogP contribution in [0.4, 0.5) is 4.39 Å². The van der Waals surface area contributed by atoms with Gasteiger partial charge >= 0.3 is 11.9 Å². The topological polar surface area (TPSA) is 93.1 Å². The Balaban J connectivity index is 2.23. The number of esters is 2. The van der Waals surface area contributed by atoms with E-state index in [2.05, 4.69) is 9.47 Å². The number of fused-ring (bicyclic) bond motifs is 1. The highest BCUT2D eigenvalue weighted by atomic mass is 19.1. The predicted octanol–water partition coefficient (Wildman–Crippen LogP) is -0.437. The van der Waals surface area contributed by atoms with Gasteiger partial charge in [-0.25, -0.2) is 14.0 Å². The third kappa shape index (κ3) is 1.68. The highest BCUT2D eigenvalue weighted by Crippen LogP contribution is 2.67. The smallest absolute Gasteiger partial charge is 0.344 e. The van der Waals surface area contributed by atoms with Crippen molar-refractivity contribution in [2.24, 2.45) is 11.8 Å². The molecule has 0 aromatic heterocycles. The molecule has 2 aliphatic rings. The Bertz CT molecular complexity index is 413. The van der Waals surface area contributed by atoms with Crippen LogP contribution in [-0.4, -0.2) is 52.7 Å². The van der Waals surface area contributed by atoms with Gasteiger partial charge in [0.1, 0.15) is 0 Å². The lowest BCUT2D eigenvalue weighted by atomic mass is 9.91. The minimum atomic E-state index is -2.41. The van der Waals surface area contributed by atoms with Crippen molar-refractivity contribution in [3.05, 3.63) is 0 Å². The van der Waals surface area contributed by atoms with E-state index in [1.54, 1.807) is 0 Å². The SMILES string of the molecule is CCOC(=O)[C@]1(O)[C@@H](O)C[C@H]2[C@@H]1[C@]2(F)C(=O)OCC. The van der Waals surface area contributed by atoms with Crippen LogP contribution >= 0.6 is 0 Å². The third-order valence-electron chi connectivity index (χ3n) is 3.94. The standard InChI is InChI=1S/C12H17FO6/c1-3-18-9(15)11(13)6-5-7(14)12(17,8(6)11)10(16)19-4-2/h6-8,14,17H,3-5H2,1-2H3/t6-,7-,8+,11-,12-/m0/s1. The van der Waals surface area contributed by atoms with E-state index in [1.165, 1.54) is 13.8 Å². The molecule has 0 amide bonds. The molecule has 0 radical (unpaired) electrons. The summed E-state index contributed by atoms with van der Waals surface area (Å²) in [6, 6.07) is 0. The largest absolute Gasteiger partial charge is 0.464 e. The summed E-state index contributed by atoms with van der Waals surface area (Å²) in [5.41, 5.74) is -4.78. The molecule has 2 rings (SSSR count). The first-order chi connectivity index (χ1) is 8.84. The maximum Gasteiger partial charge on any atom is 0.344 e. The average Bonchev–Trinajstić information content (AvgIpc) is 2.84. The van der Waals surface area contributed by atoms with Crippen molar-refractivity contribution in [1.29, 1.82) is 0 Å². The molecule has 0 saturated heterocycles. The highest BCUT2D eigenvalue weighted by Gasteiger charge is 2.86.